The number of carbonyl (C=O) groups is 2. The molecule has 1 amide bonds. The molecular formula is C8H15NO4. The van der Waals surface area contributed by atoms with E-state index in [1.54, 1.807) is 13.8 Å². The third kappa shape index (κ3) is 6.10. The lowest BCUT2D eigenvalue weighted by molar-refractivity contribution is -0.144. The summed E-state index contributed by atoms with van der Waals surface area (Å²) >= 11 is 0. The van der Waals surface area contributed by atoms with E-state index in [0.717, 1.165) is 0 Å². The van der Waals surface area contributed by atoms with Crippen molar-refractivity contribution in [3.8, 4) is 0 Å². The smallest absolute Gasteiger partial charge is 0.312 e. The first-order chi connectivity index (χ1) is 5.72. The molecule has 0 aromatic rings. The summed E-state index contributed by atoms with van der Waals surface area (Å²) in [6.45, 7) is 3.23. The number of carbonyl (C=O) groups excluding carboxylic acids is 1. The van der Waals surface area contributed by atoms with Crippen LogP contribution in [0.15, 0.2) is 0 Å². The topological polar surface area (TPSA) is 77.8 Å². The van der Waals surface area contributed by atoms with Gasteiger partial charge in [0.15, 0.2) is 0 Å². The van der Waals surface area contributed by atoms with Crippen LogP contribution in [-0.2, 0) is 9.59 Å². The number of nitrogens with zero attached hydrogens (tertiary/aromatic N) is 1. The van der Waals surface area contributed by atoms with Crippen molar-refractivity contribution < 1.29 is 19.8 Å². The SMILES string of the molecule is CN(CC(C)(C)O)C(=O)CC(=O)O. The Morgan fingerprint density at radius 2 is 1.85 bits per heavy atom. The molecule has 76 valence electrons. The number of hydrogen-bond donors (Lipinski definition) is 2. The van der Waals surface area contributed by atoms with E-state index in [9.17, 15) is 14.7 Å². The van der Waals surface area contributed by atoms with Gasteiger partial charge in [0.1, 0.15) is 6.42 Å². The molecular weight excluding hydrogens is 174 g/mol. The molecule has 5 heteroatoms. The highest BCUT2D eigenvalue weighted by Gasteiger charge is 2.20. The van der Waals surface area contributed by atoms with Crippen molar-refractivity contribution in [3.05, 3.63) is 0 Å². The maximum absolute atomic E-state index is 11.1. The number of carboxylic acid groups (broad SMARTS) is 1. The Morgan fingerprint density at radius 1 is 1.38 bits per heavy atom. The van der Waals surface area contributed by atoms with Gasteiger partial charge in [-0.3, -0.25) is 9.59 Å². The van der Waals surface area contributed by atoms with E-state index >= 15 is 0 Å². The molecule has 13 heavy (non-hydrogen) atoms. The largest absolute Gasteiger partial charge is 0.481 e. The Bertz CT molecular complexity index is 207. The van der Waals surface area contributed by atoms with E-state index in [0.29, 0.717) is 0 Å². The van der Waals surface area contributed by atoms with Gasteiger partial charge in [0.2, 0.25) is 5.91 Å². The van der Waals surface area contributed by atoms with Gasteiger partial charge < -0.3 is 15.1 Å². The van der Waals surface area contributed by atoms with E-state index < -0.39 is 23.9 Å². The van der Waals surface area contributed by atoms with E-state index in [1.165, 1.54) is 11.9 Å². The molecule has 5 nitrogen and oxygen atoms in total. The summed E-state index contributed by atoms with van der Waals surface area (Å²) in [6, 6.07) is 0. The summed E-state index contributed by atoms with van der Waals surface area (Å²) in [5, 5.41) is 17.7. The zero-order chi connectivity index (χ0) is 10.6. The average molecular weight is 189 g/mol. The van der Waals surface area contributed by atoms with Crippen molar-refractivity contribution >= 4 is 11.9 Å². The van der Waals surface area contributed by atoms with Gasteiger partial charge in [-0.2, -0.15) is 0 Å². The Labute approximate surface area is 77.0 Å². The van der Waals surface area contributed by atoms with Gasteiger partial charge in [-0.15, -0.1) is 0 Å². The van der Waals surface area contributed by atoms with Crippen LogP contribution >= 0.6 is 0 Å². The second kappa shape index (κ2) is 4.23. The molecule has 0 rings (SSSR count). The van der Waals surface area contributed by atoms with Crippen LogP contribution in [0.5, 0.6) is 0 Å². The van der Waals surface area contributed by atoms with Gasteiger partial charge in [0.05, 0.1) is 5.60 Å². The quantitative estimate of drug-likeness (QED) is 0.595. The van der Waals surface area contributed by atoms with Crippen LogP contribution < -0.4 is 0 Å². The second-order valence-electron chi connectivity index (χ2n) is 3.63. The fourth-order valence-corrected chi connectivity index (χ4v) is 0.933. The molecule has 0 bridgehead atoms. The highest BCUT2D eigenvalue weighted by Crippen LogP contribution is 2.04. The lowest BCUT2D eigenvalue weighted by Gasteiger charge is -2.25. The molecule has 0 atom stereocenters. The minimum atomic E-state index is -1.16. The monoisotopic (exact) mass is 189 g/mol. The number of amides is 1. The first-order valence-corrected chi connectivity index (χ1v) is 3.90. The second-order valence-corrected chi connectivity index (χ2v) is 3.63. The lowest BCUT2D eigenvalue weighted by atomic mass is 10.1. The van der Waals surface area contributed by atoms with Crippen LogP contribution in [0, 0.1) is 0 Å². The molecule has 0 aliphatic rings. The van der Waals surface area contributed by atoms with Crippen molar-refractivity contribution in [1.29, 1.82) is 0 Å². The zero-order valence-corrected chi connectivity index (χ0v) is 8.07. The summed E-state index contributed by atoms with van der Waals surface area (Å²) in [4.78, 5) is 22.4. The summed E-state index contributed by atoms with van der Waals surface area (Å²) < 4.78 is 0. The van der Waals surface area contributed by atoms with Crippen molar-refractivity contribution in [2.24, 2.45) is 0 Å². The van der Waals surface area contributed by atoms with Crippen LogP contribution in [0.25, 0.3) is 0 Å². The van der Waals surface area contributed by atoms with Crippen molar-refractivity contribution in [2.75, 3.05) is 13.6 Å². The number of likely N-dealkylation sites (N-methyl/N-ethyl adjacent to an activating group) is 1. The molecule has 0 spiro atoms. The highest BCUT2D eigenvalue weighted by molar-refractivity contribution is 5.93. The fourth-order valence-electron chi connectivity index (χ4n) is 0.933. The minimum Gasteiger partial charge on any atom is -0.481 e. The Hall–Kier alpha value is -1.10. The Kier molecular flexibility index (Phi) is 3.87. The molecule has 0 unspecified atom stereocenters. The van der Waals surface area contributed by atoms with Crippen LogP contribution in [-0.4, -0.2) is 46.2 Å². The lowest BCUT2D eigenvalue weighted by Crippen LogP contribution is -2.40. The first kappa shape index (κ1) is 11.9. The number of aliphatic hydroxyl groups is 1. The predicted molar refractivity (Wildman–Crippen MR) is 46.2 cm³/mol. The van der Waals surface area contributed by atoms with Gasteiger partial charge in [-0.1, -0.05) is 0 Å². The minimum absolute atomic E-state index is 0.124. The first-order valence-electron chi connectivity index (χ1n) is 3.90. The van der Waals surface area contributed by atoms with Gasteiger partial charge in [0, 0.05) is 13.6 Å². The molecule has 0 radical (unpaired) electrons. The van der Waals surface area contributed by atoms with Crippen molar-refractivity contribution in [1.82, 2.24) is 4.90 Å². The molecule has 0 fully saturated rings. The van der Waals surface area contributed by atoms with Crippen LogP contribution in [0.1, 0.15) is 20.3 Å². The fraction of sp³-hybridized carbons (Fsp3) is 0.750. The van der Waals surface area contributed by atoms with Gasteiger partial charge in [-0.05, 0) is 13.8 Å². The number of rotatable bonds is 4. The van der Waals surface area contributed by atoms with Gasteiger partial charge in [0.25, 0.3) is 0 Å². The molecule has 0 saturated heterocycles. The summed E-state index contributed by atoms with van der Waals surface area (Å²) in [5.41, 5.74) is -0.997. The van der Waals surface area contributed by atoms with Crippen LogP contribution in [0.3, 0.4) is 0 Å². The molecule has 0 aliphatic heterocycles. The third-order valence-electron chi connectivity index (χ3n) is 1.35. The molecule has 0 aliphatic carbocycles. The Morgan fingerprint density at radius 3 is 2.15 bits per heavy atom. The molecule has 2 N–H and O–H groups in total. The van der Waals surface area contributed by atoms with Gasteiger partial charge in [-0.25, -0.2) is 0 Å². The Balaban J connectivity index is 4.04. The molecule has 0 saturated carbocycles. The van der Waals surface area contributed by atoms with Gasteiger partial charge >= 0.3 is 5.97 Å². The normalized spacial score (nSPS) is 11.1. The standard InChI is InChI=1S/C8H15NO4/c1-8(2,13)5-9(3)6(10)4-7(11)12/h13H,4-5H2,1-3H3,(H,11,12). The maximum Gasteiger partial charge on any atom is 0.312 e. The molecule has 0 aromatic heterocycles. The van der Waals surface area contributed by atoms with Crippen molar-refractivity contribution in [3.63, 3.8) is 0 Å². The predicted octanol–water partition coefficient (Wildman–Crippen LogP) is -0.310. The van der Waals surface area contributed by atoms with Crippen LogP contribution in [0.2, 0.25) is 0 Å². The molecule has 0 aromatic carbocycles. The summed E-state index contributed by atoms with van der Waals surface area (Å²) in [7, 11) is 1.46. The highest BCUT2D eigenvalue weighted by atomic mass is 16.4. The number of hydrogen-bond acceptors (Lipinski definition) is 3. The van der Waals surface area contributed by atoms with E-state index in [2.05, 4.69) is 0 Å². The van der Waals surface area contributed by atoms with E-state index in [-0.39, 0.29) is 6.54 Å². The number of carboxylic acids is 1. The summed E-state index contributed by atoms with van der Waals surface area (Å²) in [6.07, 6.45) is -0.535. The number of aliphatic carboxylic acids is 1. The maximum atomic E-state index is 11.1. The van der Waals surface area contributed by atoms with E-state index in [1.807, 2.05) is 0 Å². The molecule has 0 heterocycles. The summed E-state index contributed by atoms with van der Waals surface area (Å²) in [5.74, 6) is -1.66. The third-order valence-corrected chi connectivity index (χ3v) is 1.35. The van der Waals surface area contributed by atoms with E-state index in [4.69, 9.17) is 5.11 Å². The van der Waals surface area contributed by atoms with Crippen molar-refractivity contribution in [2.45, 2.75) is 25.9 Å². The van der Waals surface area contributed by atoms with Crippen LogP contribution in [0.4, 0.5) is 0 Å². The average Bonchev–Trinajstić information content (AvgIpc) is 1.81. The zero-order valence-electron chi connectivity index (χ0n) is 8.07.